The molecule has 0 aromatic carbocycles. The first-order valence-electron chi connectivity index (χ1n) is 54.8. The van der Waals surface area contributed by atoms with E-state index in [-0.39, 0.29) is 44.1 Å². The maximum atomic E-state index is 5.38. The summed E-state index contributed by atoms with van der Waals surface area (Å²) in [7, 11) is 14.1. The molecular formula is C133H214O6P6. The van der Waals surface area contributed by atoms with Gasteiger partial charge in [-0.15, -0.1) is 0 Å². The minimum Gasteiger partial charge on any atom is -0.358 e. The Morgan fingerprint density at radius 3 is 0.455 bits per heavy atom. The Morgan fingerprint density at radius 1 is 0.152 bits per heavy atom. The van der Waals surface area contributed by atoms with Gasteiger partial charge in [-0.25, -0.2) is 0 Å². The highest BCUT2D eigenvalue weighted by Gasteiger charge is 2.03. The van der Waals surface area contributed by atoms with Crippen molar-refractivity contribution in [3.63, 3.8) is 0 Å². The van der Waals surface area contributed by atoms with E-state index in [0.717, 1.165) is 193 Å². The number of hydrogen-bond acceptors (Lipinski definition) is 6. The van der Waals surface area contributed by atoms with Crippen LogP contribution < -0.4 is 0 Å². The SMILES string of the molecule is C.C/C=C/C(C/C=C\C/C=C\C/C=C\C/C=C\C/C=C\CCC)OP.CC/C=C\C/C=C\C=C\C(C/C=C\C/C=C\C/C=C\CCC)OP.CC/C=C\C/C=C\CC(/C=C\C=C/C/C=C\C/C=C\CCC)OP.CC/C=C\C=C\C(C/C=C\C/C=C\C/C=C\C/C=C\CCC)OP.CC/C=C\CC(/C=C/C=C\C/C=C\C/C=C\C/C=C\CCC)OP.CCC/C=C\C/C=C\C/C=C\C/C=C\C/C=C\C=C\C(CC)OP. The van der Waals surface area contributed by atoms with Gasteiger partial charge in [0, 0.05) is 56.8 Å². The highest BCUT2D eigenvalue weighted by molar-refractivity contribution is 7.10. The van der Waals surface area contributed by atoms with Gasteiger partial charge in [-0.3, -0.25) is 0 Å². The van der Waals surface area contributed by atoms with Gasteiger partial charge in [0.05, 0.1) is 36.6 Å². The Balaban J connectivity index is -0.000000315. The number of unbranched alkanes of at least 4 members (excludes halogenated alkanes) is 6. The van der Waals surface area contributed by atoms with Crippen molar-refractivity contribution in [1.82, 2.24) is 0 Å². The van der Waals surface area contributed by atoms with Crippen molar-refractivity contribution >= 4 is 56.8 Å². The Bertz CT molecular complexity index is 3830. The van der Waals surface area contributed by atoms with E-state index < -0.39 is 0 Å². The van der Waals surface area contributed by atoms with Crippen molar-refractivity contribution < 1.29 is 27.1 Å². The summed E-state index contributed by atoms with van der Waals surface area (Å²) in [6.45, 7) is 25.9. The molecule has 0 spiro atoms. The van der Waals surface area contributed by atoms with E-state index in [9.17, 15) is 0 Å². The Hall–Kier alpha value is -7.02. The molecule has 0 heterocycles. The van der Waals surface area contributed by atoms with Crippen LogP contribution in [0.5, 0.6) is 0 Å². The molecule has 12 unspecified atom stereocenters. The molecule has 12 atom stereocenters. The fraction of sp³-hybridized carbons (Fsp3) is 0.459. The van der Waals surface area contributed by atoms with Gasteiger partial charge >= 0.3 is 0 Å². The summed E-state index contributed by atoms with van der Waals surface area (Å²) in [5, 5.41) is 0. The van der Waals surface area contributed by atoms with Gasteiger partial charge in [-0.1, -0.05) is 560 Å². The van der Waals surface area contributed by atoms with E-state index in [1.165, 1.54) is 77.0 Å². The Labute approximate surface area is 911 Å². The van der Waals surface area contributed by atoms with Gasteiger partial charge in [0.2, 0.25) is 0 Å². The largest absolute Gasteiger partial charge is 0.358 e. The second-order valence-corrected chi connectivity index (χ2v) is 34.7. The lowest BCUT2D eigenvalue weighted by Crippen LogP contribution is -2.00. The summed E-state index contributed by atoms with van der Waals surface area (Å²) in [5.41, 5.74) is 0. The highest BCUT2D eigenvalue weighted by Crippen LogP contribution is 2.15. The monoisotopic (exact) mass is 2090 g/mol. The Morgan fingerprint density at radius 2 is 0.290 bits per heavy atom. The zero-order valence-electron chi connectivity index (χ0n) is 92.6. The lowest BCUT2D eigenvalue weighted by Gasteiger charge is -2.06. The second-order valence-electron chi connectivity index (χ2n) is 33.1. The molecule has 0 aliphatic heterocycles. The van der Waals surface area contributed by atoms with Gasteiger partial charge in [-0.2, -0.15) is 0 Å². The van der Waals surface area contributed by atoms with Gasteiger partial charge in [0.15, 0.2) is 0 Å². The third-order valence-corrected chi connectivity index (χ3v) is 21.9. The third-order valence-electron chi connectivity index (χ3n) is 19.8. The third kappa shape index (κ3) is 145. The predicted molar refractivity (Wildman–Crippen MR) is 685 cm³/mol. The summed E-state index contributed by atoms with van der Waals surface area (Å²) in [5.74, 6) is 0. The molecule has 0 saturated heterocycles. The summed E-state index contributed by atoms with van der Waals surface area (Å²) >= 11 is 0. The van der Waals surface area contributed by atoms with Crippen LogP contribution in [0, 0.1) is 0 Å². The van der Waals surface area contributed by atoms with E-state index >= 15 is 0 Å². The smallest absolute Gasteiger partial charge is 0.0828 e. The Kier molecular flexibility index (Phi) is 154. The molecule has 812 valence electrons. The van der Waals surface area contributed by atoms with E-state index in [1.54, 1.807) is 0 Å². The standard InChI is InChI=1S/6C22H35OP.CH4/c1-3-5-6-7-8-9-10-11-12-13-14-15-16-17-18-19-20-21-22(4-2)23-24;1-3-5-6-7-8-9-10-11-12-13-14-15-16-17-18-19-21-22(23-24)20-4-2;1-3-5-7-8-9-10-11-12-13-14-15-16-17-19-21-22(23-24)20-18-6-4-2;1-3-5-7-9-10-11-12-13-14-15-16-17-19-21-22(23-24)20-18-8-6-4-2;1-3-5-7-9-11-12-13-14-15-17-19-21-22(23-24)20-18-16-10-8-6-4-2;1-3-5-7-9-11-12-13-15-17-19-21-22(23-24)20-18-16-14-10-8-6-4-2;/h6-7,9-10,12-13,15-16,18-22H,3-5,8,11,14,17,24H2,1-2H3;4,6-7,9-10,12-13,15-16,18-20,22H,3,5,8,11,14,17,21,24H2,1-2H3;6-8,10-11,13-14,16-19,21-22H,3-5,9,12,15,20,24H2,1-2H3;6-9,11-12,14-15,17-20,22H,3-5,10,13,16,21,24H2,1-2H3;6-9,12-13,15-19,21-22H,3-5,10-11,14,20,24H2,1-2H3;6-9,12-14,16-20,22H,3-5,10-11,15,21,24H2,1-2H3;1H4/b7-6-,10-9-,13-12-,16-15-,19-18-,21-20+;7-6-,10-9-,13-12-,16-15-,19-18-,20-4+;8-7-,11-10-,14-13-,17-16-,18-6-,21-19+;8-6-,9-7-,12-11-,15-14-,19-17-,20-18+;8-6-,9-7-,13-12-,17-15-,18-16-,21-19-;8-6-,9-7-,13-12-,16-14-,19-17-,20-18+;. The average molecular weight is 2100 g/mol. The first kappa shape index (κ1) is 151. The van der Waals surface area contributed by atoms with Crippen molar-refractivity contribution in [2.45, 2.75) is 397 Å². The van der Waals surface area contributed by atoms with Crippen LogP contribution in [0.2, 0.25) is 0 Å². The van der Waals surface area contributed by atoms with E-state index in [4.69, 9.17) is 27.1 Å². The molecule has 12 heteroatoms. The molecule has 0 amide bonds. The molecule has 0 N–H and O–H groups in total. The topological polar surface area (TPSA) is 55.4 Å². The van der Waals surface area contributed by atoms with E-state index in [2.05, 4.69) is 564 Å². The lowest BCUT2D eigenvalue weighted by molar-refractivity contribution is 0.289. The molecule has 0 saturated carbocycles. The van der Waals surface area contributed by atoms with Crippen molar-refractivity contribution in [3.8, 4) is 0 Å². The first-order valence-corrected chi connectivity index (χ1v) is 57.6. The summed E-state index contributed by atoms with van der Waals surface area (Å²) < 4.78 is 31.9. The van der Waals surface area contributed by atoms with Crippen LogP contribution in [0.3, 0.4) is 0 Å². The normalized spacial score (nSPS) is 14.5. The van der Waals surface area contributed by atoms with Gasteiger partial charge < -0.3 is 27.1 Å². The molecule has 145 heavy (non-hydrogen) atoms. The highest BCUT2D eigenvalue weighted by atomic mass is 31.0. The minimum absolute atomic E-state index is 0. The van der Waals surface area contributed by atoms with E-state index in [1.807, 2.05) is 13.0 Å². The van der Waals surface area contributed by atoms with Crippen LogP contribution in [-0.4, -0.2) is 36.6 Å². The minimum atomic E-state index is 0. The van der Waals surface area contributed by atoms with Gasteiger partial charge in [0.1, 0.15) is 0 Å². The van der Waals surface area contributed by atoms with Crippen LogP contribution >= 0.6 is 56.8 Å². The maximum Gasteiger partial charge on any atom is 0.0828 e. The van der Waals surface area contributed by atoms with Crippen molar-refractivity contribution in [3.05, 3.63) is 437 Å². The molecule has 0 fully saturated rings. The molecule has 0 aromatic heterocycles. The fourth-order valence-corrected chi connectivity index (χ4v) is 12.9. The van der Waals surface area contributed by atoms with Crippen LogP contribution in [0.4, 0.5) is 0 Å². The predicted octanol–water partition coefficient (Wildman–Crippen LogP) is 44.3. The summed E-state index contributed by atoms with van der Waals surface area (Å²) in [4.78, 5) is 0. The molecular weight excluding hydrogens is 1880 g/mol. The molecule has 0 aliphatic carbocycles. The summed E-state index contributed by atoms with van der Waals surface area (Å²) in [6.07, 6.45) is 202. The lowest BCUT2D eigenvalue weighted by atomic mass is 10.2. The van der Waals surface area contributed by atoms with E-state index in [0.29, 0.717) is 0 Å². The number of hydrogen-bond donors (Lipinski definition) is 0. The number of rotatable bonds is 84. The average Bonchev–Trinajstić information content (AvgIpc) is 1.03. The quantitative estimate of drug-likeness (QED) is 0.0344. The zero-order chi connectivity index (χ0) is 106. The van der Waals surface area contributed by atoms with Crippen LogP contribution in [0.1, 0.15) is 360 Å². The summed E-state index contributed by atoms with van der Waals surface area (Å²) in [6, 6.07) is 0. The van der Waals surface area contributed by atoms with Crippen LogP contribution in [0.25, 0.3) is 0 Å². The second kappa shape index (κ2) is 148. The molecule has 0 aromatic rings. The van der Waals surface area contributed by atoms with Crippen molar-refractivity contribution in [2.24, 2.45) is 0 Å². The van der Waals surface area contributed by atoms with Crippen LogP contribution in [-0.2, 0) is 27.1 Å². The molecule has 0 rings (SSSR count). The van der Waals surface area contributed by atoms with Crippen LogP contribution in [0.15, 0.2) is 437 Å². The maximum absolute atomic E-state index is 5.38. The van der Waals surface area contributed by atoms with Gasteiger partial charge in [-0.05, 0) is 238 Å². The van der Waals surface area contributed by atoms with Crippen molar-refractivity contribution in [1.29, 1.82) is 0 Å². The first-order chi connectivity index (χ1) is 71.1. The zero-order valence-corrected chi connectivity index (χ0v) is 99.6. The van der Waals surface area contributed by atoms with Gasteiger partial charge in [0.25, 0.3) is 0 Å². The molecule has 0 aliphatic rings. The molecule has 0 bridgehead atoms. The molecule has 0 radical (unpaired) electrons. The molecule has 6 nitrogen and oxygen atoms in total. The number of allylic oxidation sites excluding steroid dienone is 61. The van der Waals surface area contributed by atoms with Crippen molar-refractivity contribution in [2.75, 3.05) is 0 Å². The fourth-order valence-electron chi connectivity index (χ4n) is 11.6.